The Morgan fingerprint density at radius 1 is 0.829 bits per heavy atom. The highest BCUT2D eigenvalue weighted by atomic mass is 35.5. The van der Waals surface area contributed by atoms with Gasteiger partial charge < -0.3 is 14.2 Å². The molecule has 0 saturated carbocycles. The molecule has 5 aromatic rings. The zero-order valence-corrected chi connectivity index (χ0v) is 23.4. The molecule has 4 aromatic carbocycles. The summed E-state index contributed by atoms with van der Waals surface area (Å²) in [6.45, 7) is 2.22. The molecule has 0 radical (unpaired) electrons. The van der Waals surface area contributed by atoms with Gasteiger partial charge in [-0.05, 0) is 48.4 Å². The van der Waals surface area contributed by atoms with Crippen molar-refractivity contribution in [2.75, 3.05) is 4.90 Å². The second-order valence-electron chi connectivity index (χ2n) is 10.4. The largest absolute Gasteiger partial charge is 0.450 e. The van der Waals surface area contributed by atoms with Gasteiger partial charge in [0.25, 0.3) is 11.8 Å². The zero-order valence-electron chi connectivity index (χ0n) is 21.9. The van der Waals surface area contributed by atoms with Gasteiger partial charge in [0, 0.05) is 22.2 Å². The highest BCUT2D eigenvalue weighted by Gasteiger charge is 2.65. The maximum atomic E-state index is 14.9. The van der Waals surface area contributed by atoms with Crippen LogP contribution in [-0.4, -0.2) is 16.7 Å². The van der Waals surface area contributed by atoms with Crippen molar-refractivity contribution in [3.63, 3.8) is 0 Å². The van der Waals surface area contributed by atoms with E-state index < -0.39 is 22.8 Å². The molecule has 1 aromatic heterocycles. The van der Waals surface area contributed by atoms with Crippen molar-refractivity contribution in [2.45, 2.75) is 25.6 Å². The molecule has 0 N–H and O–H groups in total. The summed E-state index contributed by atoms with van der Waals surface area (Å²) < 4.78 is 6.12. The standard InChI is InChI=1S/C33H22Cl2N2O4/c1-19-10-12-20(13-11-19)17-37-31(39)30-28(29(38)23-16-22(34)14-15-27(23)41-30)33(37)24-7-3-5-9-26(24)36(32(33)40)18-21-6-2-4-8-25(21)35/h2-16H,17-18H2,1H3. The molecule has 2 aliphatic heterocycles. The summed E-state index contributed by atoms with van der Waals surface area (Å²) in [6, 6.07) is 26.9. The smallest absolute Gasteiger partial charge is 0.291 e. The highest BCUT2D eigenvalue weighted by molar-refractivity contribution is 6.31. The van der Waals surface area contributed by atoms with Gasteiger partial charge in [0.05, 0.1) is 23.2 Å². The van der Waals surface area contributed by atoms with Gasteiger partial charge in [-0.25, -0.2) is 0 Å². The van der Waals surface area contributed by atoms with Crippen molar-refractivity contribution < 1.29 is 14.0 Å². The molecular formula is C33H22Cl2N2O4. The lowest BCUT2D eigenvalue weighted by molar-refractivity contribution is -0.126. The molecule has 8 heteroatoms. The molecule has 0 saturated heterocycles. The van der Waals surface area contributed by atoms with Gasteiger partial charge in [0.15, 0.2) is 11.0 Å². The Kier molecular flexibility index (Phi) is 5.82. The SMILES string of the molecule is Cc1ccc(CN2C(=O)c3oc4ccc(Cl)cc4c(=O)c3C23C(=O)N(Cc2ccccc2Cl)c2ccccc23)cc1. The van der Waals surface area contributed by atoms with E-state index >= 15 is 0 Å². The van der Waals surface area contributed by atoms with Crippen LogP contribution in [0.25, 0.3) is 11.0 Å². The van der Waals surface area contributed by atoms with Crippen LogP contribution in [0.15, 0.2) is 100 Å². The van der Waals surface area contributed by atoms with E-state index in [1.807, 2.05) is 61.5 Å². The number of carbonyl (C=O) groups excluding carboxylic acids is 2. The average molecular weight is 581 g/mol. The molecule has 0 fully saturated rings. The van der Waals surface area contributed by atoms with Crippen LogP contribution >= 0.6 is 23.2 Å². The predicted octanol–water partition coefficient (Wildman–Crippen LogP) is 6.85. The first-order chi connectivity index (χ1) is 19.8. The lowest BCUT2D eigenvalue weighted by Gasteiger charge is -2.34. The second-order valence-corrected chi connectivity index (χ2v) is 11.2. The Morgan fingerprint density at radius 2 is 1.56 bits per heavy atom. The number of hydrogen-bond donors (Lipinski definition) is 0. The molecule has 3 heterocycles. The minimum absolute atomic E-state index is 0.00323. The van der Waals surface area contributed by atoms with Crippen LogP contribution in [0, 0.1) is 6.92 Å². The number of halogens is 2. The number of anilines is 1. The quantitative estimate of drug-likeness (QED) is 0.233. The molecule has 1 unspecified atom stereocenters. The van der Waals surface area contributed by atoms with Gasteiger partial charge in [-0.2, -0.15) is 0 Å². The van der Waals surface area contributed by atoms with E-state index in [0.717, 1.165) is 16.7 Å². The van der Waals surface area contributed by atoms with Crippen LogP contribution in [-0.2, 0) is 23.4 Å². The Bertz CT molecular complexity index is 1970. The van der Waals surface area contributed by atoms with Crippen LogP contribution in [0.1, 0.15) is 38.4 Å². The summed E-state index contributed by atoms with van der Waals surface area (Å²) in [5.74, 6) is -1.09. The molecule has 41 heavy (non-hydrogen) atoms. The average Bonchev–Trinajstić information content (AvgIpc) is 3.36. The van der Waals surface area contributed by atoms with Crippen LogP contribution in [0.5, 0.6) is 0 Å². The summed E-state index contributed by atoms with van der Waals surface area (Å²) in [6.07, 6.45) is 0. The van der Waals surface area contributed by atoms with E-state index in [1.54, 1.807) is 35.2 Å². The number of aryl methyl sites for hydroxylation is 1. The lowest BCUT2D eigenvalue weighted by atomic mass is 9.83. The van der Waals surface area contributed by atoms with E-state index in [0.29, 0.717) is 21.3 Å². The van der Waals surface area contributed by atoms with E-state index in [4.69, 9.17) is 27.6 Å². The molecule has 0 aliphatic carbocycles. The van der Waals surface area contributed by atoms with E-state index in [9.17, 15) is 14.4 Å². The fourth-order valence-corrected chi connectivity index (χ4v) is 6.38. The number of benzene rings is 4. The molecule has 1 spiro atoms. The monoisotopic (exact) mass is 580 g/mol. The third-order valence-electron chi connectivity index (χ3n) is 7.95. The zero-order chi connectivity index (χ0) is 28.5. The van der Waals surface area contributed by atoms with E-state index in [-0.39, 0.29) is 35.4 Å². The van der Waals surface area contributed by atoms with Gasteiger partial charge in [0.1, 0.15) is 5.58 Å². The number of nitrogens with zero attached hydrogens (tertiary/aromatic N) is 2. The highest BCUT2D eigenvalue weighted by Crippen LogP contribution is 2.53. The van der Waals surface area contributed by atoms with Crippen LogP contribution in [0.4, 0.5) is 5.69 Å². The first-order valence-corrected chi connectivity index (χ1v) is 13.9. The number of fused-ring (bicyclic) bond motifs is 5. The second kappa shape index (κ2) is 9.33. The summed E-state index contributed by atoms with van der Waals surface area (Å²) in [5, 5.41) is 1.06. The van der Waals surface area contributed by atoms with Crippen molar-refractivity contribution in [3.8, 4) is 0 Å². The van der Waals surface area contributed by atoms with Crippen molar-refractivity contribution in [1.82, 2.24) is 4.90 Å². The number of amides is 2. The Hall–Kier alpha value is -4.39. The number of carbonyl (C=O) groups is 2. The minimum Gasteiger partial charge on any atom is -0.450 e. The molecule has 6 nitrogen and oxygen atoms in total. The lowest BCUT2D eigenvalue weighted by Crippen LogP contribution is -2.52. The summed E-state index contributed by atoms with van der Waals surface area (Å²) in [5.41, 5.74) is 1.76. The molecule has 202 valence electrons. The van der Waals surface area contributed by atoms with Crippen LogP contribution < -0.4 is 10.3 Å². The number of rotatable bonds is 4. The van der Waals surface area contributed by atoms with E-state index in [1.165, 1.54) is 11.0 Å². The van der Waals surface area contributed by atoms with Gasteiger partial charge in [-0.1, -0.05) is 89.4 Å². The van der Waals surface area contributed by atoms with Crippen LogP contribution in [0.2, 0.25) is 10.0 Å². The fourth-order valence-electron chi connectivity index (χ4n) is 6.01. The van der Waals surface area contributed by atoms with Crippen molar-refractivity contribution in [2.24, 2.45) is 0 Å². The summed E-state index contributed by atoms with van der Waals surface area (Å²) in [4.78, 5) is 46.5. The molecule has 1 atom stereocenters. The normalized spacial score (nSPS) is 17.5. The third kappa shape index (κ3) is 3.68. The third-order valence-corrected chi connectivity index (χ3v) is 8.55. The first kappa shape index (κ1) is 25.6. The molecular weight excluding hydrogens is 559 g/mol. The van der Waals surface area contributed by atoms with Crippen LogP contribution in [0.3, 0.4) is 0 Å². The van der Waals surface area contributed by atoms with Gasteiger partial charge in [-0.3, -0.25) is 14.4 Å². The van der Waals surface area contributed by atoms with Gasteiger partial charge in [0.2, 0.25) is 5.76 Å². The van der Waals surface area contributed by atoms with Gasteiger partial charge >= 0.3 is 0 Å². The van der Waals surface area contributed by atoms with Crippen molar-refractivity contribution in [3.05, 3.63) is 145 Å². The maximum Gasteiger partial charge on any atom is 0.291 e. The topological polar surface area (TPSA) is 70.8 Å². The first-order valence-electron chi connectivity index (χ1n) is 13.1. The number of para-hydroxylation sites is 1. The Labute approximate surface area is 245 Å². The Morgan fingerprint density at radius 3 is 2.34 bits per heavy atom. The summed E-state index contributed by atoms with van der Waals surface area (Å²) in [7, 11) is 0. The Balaban J connectivity index is 1.52. The summed E-state index contributed by atoms with van der Waals surface area (Å²) >= 11 is 12.8. The minimum atomic E-state index is -1.74. The predicted molar refractivity (Wildman–Crippen MR) is 158 cm³/mol. The molecule has 0 bridgehead atoms. The van der Waals surface area contributed by atoms with Crippen molar-refractivity contribution in [1.29, 1.82) is 0 Å². The van der Waals surface area contributed by atoms with Gasteiger partial charge in [-0.15, -0.1) is 0 Å². The maximum absolute atomic E-state index is 14.9. The number of hydrogen-bond acceptors (Lipinski definition) is 4. The molecule has 7 rings (SSSR count). The van der Waals surface area contributed by atoms with E-state index in [2.05, 4.69) is 0 Å². The fraction of sp³-hybridized carbons (Fsp3) is 0.121. The van der Waals surface area contributed by atoms with Crippen molar-refractivity contribution >= 4 is 51.7 Å². The molecule has 2 aliphatic rings. The molecule has 2 amide bonds.